The SMILES string of the molecule is c1ccc(-c2cc[nH]c2-c2c3ccccc3c(-c3ccc4oc5cc6ccccc6cc5c4c3)c3ccccc23)cc1. The van der Waals surface area contributed by atoms with Gasteiger partial charge in [0.15, 0.2) is 0 Å². The van der Waals surface area contributed by atoms with Crippen LogP contribution in [-0.4, -0.2) is 4.98 Å². The van der Waals surface area contributed by atoms with Crippen LogP contribution < -0.4 is 0 Å². The van der Waals surface area contributed by atoms with E-state index in [4.69, 9.17) is 4.42 Å². The zero-order chi connectivity index (χ0) is 27.6. The summed E-state index contributed by atoms with van der Waals surface area (Å²) in [5.74, 6) is 0. The Kier molecular flexibility index (Phi) is 4.93. The summed E-state index contributed by atoms with van der Waals surface area (Å²) in [4.78, 5) is 3.61. The Bertz CT molecular complexity index is 2400. The number of furan rings is 1. The first-order valence-corrected chi connectivity index (χ1v) is 14.4. The van der Waals surface area contributed by atoms with E-state index in [-0.39, 0.29) is 0 Å². The maximum atomic E-state index is 6.35. The lowest BCUT2D eigenvalue weighted by Crippen LogP contribution is -1.92. The van der Waals surface area contributed by atoms with Crippen LogP contribution in [0.3, 0.4) is 0 Å². The number of rotatable bonds is 3. The highest BCUT2D eigenvalue weighted by Gasteiger charge is 2.20. The molecule has 0 saturated heterocycles. The molecule has 1 N–H and O–H groups in total. The summed E-state index contributed by atoms with van der Waals surface area (Å²) < 4.78 is 6.35. The Hall–Kier alpha value is -5.60. The summed E-state index contributed by atoms with van der Waals surface area (Å²) >= 11 is 0. The molecule has 0 aliphatic rings. The van der Waals surface area contributed by atoms with Crippen LogP contribution in [0.15, 0.2) is 150 Å². The fourth-order valence-electron chi connectivity index (χ4n) is 6.76. The largest absolute Gasteiger partial charge is 0.456 e. The molecule has 9 aromatic rings. The standard InChI is InChI=1S/C40H25NO/c1-2-10-25(11-3-1)29-20-21-41-40(29)39-32-16-8-6-14-30(32)38(31-15-7-9-17-33(31)39)28-18-19-36-34(23-28)35-22-26-12-4-5-13-27(26)24-37(35)42-36/h1-24,41H. The predicted molar refractivity (Wildman–Crippen MR) is 177 cm³/mol. The average molecular weight is 536 g/mol. The molecule has 0 atom stereocenters. The first-order chi connectivity index (χ1) is 20.8. The van der Waals surface area contributed by atoms with Crippen molar-refractivity contribution in [2.24, 2.45) is 0 Å². The molecule has 0 aliphatic carbocycles. The number of hydrogen-bond donors (Lipinski definition) is 1. The number of hydrogen-bond acceptors (Lipinski definition) is 1. The second-order valence-electron chi connectivity index (χ2n) is 11.0. The molecule has 2 heterocycles. The van der Waals surface area contributed by atoms with Crippen molar-refractivity contribution in [2.45, 2.75) is 0 Å². The highest BCUT2D eigenvalue weighted by Crippen LogP contribution is 2.46. The lowest BCUT2D eigenvalue weighted by molar-refractivity contribution is 0.669. The van der Waals surface area contributed by atoms with Crippen LogP contribution in [0.2, 0.25) is 0 Å². The molecular weight excluding hydrogens is 510 g/mol. The zero-order valence-electron chi connectivity index (χ0n) is 22.8. The lowest BCUT2D eigenvalue weighted by atomic mass is 9.86. The second-order valence-corrected chi connectivity index (χ2v) is 11.0. The van der Waals surface area contributed by atoms with Crippen molar-refractivity contribution in [3.05, 3.63) is 146 Å². The van der Waals surface area contributed by atoms with Crippen molar-refractivity contribution < 1.29 is 4.42 Å². The minimum absolute atomic E-state index is 0.910. The summed E-state index contributed by atoms with van der Waals surface area (Å²) in [5, 5.41) is 9.63. The van der Waals surface area contributed by atoms with Crippen LogP contribution in [0, 0.1) is 0 Å². The van der Waals surface area contributed by atoms with E-state index in [2.05, 4.69) is 151 Å². The maximum Gasteiger partial charge on any atom is 0.136 e. The van der Waals surface area contributed by atoms with Crippen LogP contribution in [0.5, 0.6) is 0 Å². The van der Waals surface area contributed by atoms with Crippen molar-refractivity contribution in [1.29, 1.82) is 0 Å². The minimum atomic E-state index is 0.910. The van der Waals surface area contributed by atoms with E-state index in [9.17, 15) is 0 Å². The van der Waals surface area contributed by atoms with Gasteiger partial charge in [0, 0.05) is 28.1 Å². The topological polar surface area (TPSA) is 28.9 Å². The van der Waals surface area contributed by atoms with Crippen LogP contribution in [0.4, 0.5) is 0 Å². The van der Waals surface area contributed by atoms with Gasteiger partial charge in [-0.3, -0.25) is 0 Å². The molecule has 7 aromatic carbocycles. The molecule has 2 nitrogen and oxygen atoms in total. The Labute approximate surface area is 242 Å². The van der Waals surface area contributed by atoms with Gasteiger partial charge in [-0.25, -0.2) is 0 Å². The third kappa shape index (κ3) is 3.39. The third-order valence-electron chi connectivity index (χ3n) is 8.64. The molecule has 2 heteroatoms. The van der Waals surface area contributed by atoms with Gasteiger partial charge in [-0.15, -0.1) is 0 Å². The van der Waals surface area contributed by atoms with Gasteiger partial charge in [0.1, 0.15) is 11.2 Å². The molecule has 0 aliphatic heterocycles. The van der Waals surface area contributed by atoms with Gasteiger partial charge >= 0.3 is 0 Å². The van der Waals surface area contributed by atoms with E-state index in [0.717, 1.165) is 27.6 Å². The summed E-state index contributed by atoms with van der Waals surface area (Å²) in [7, 11) is 0. The van der Waals surface area contributed by atoms with E-state index in [1.165, 1.54) is 60.1 Å². The molecular formula is C40H25NO. The van der Waals surface area contributed by atoms with Gasteiger partial charge in [0.2, 0.25) is 0 Å². The van der Waals surface area contributed by atoms with Crippen LogP contribution in [0.1, 0.15) is 0 Å². The van der Waals surface area contributed by atoms with Crippen LogP contribution in [0.25, 0.3) is 87.8 Å². The Balaban J connectivity index is 1.35. The number of benzene rings is 7. The molecule has 9 rings (SSSR count). The summed E-state index contributed by atoms with van der Waals surface area (Å²) in [5.41, 5.74) is 9.05. The molecule has 196 valence electrons. The number of aromatic amines is 1. The summed E-state index contributed by atoms with van der Waals surface area (Å²) in [6.45, 7) is 0. The summed E-state index contributed by atoms with van der Waals surface area (Å²) in [6.07, 6.45) is 2.05. The quantitative estimate of drug-likeness (QED) is 0.224. The number of aromatic nitrogens is 1. The highest BCUT2D eigenvalue weighted by atomic mass is 16.3. The maximum absolute atomic E-state index is 6.35. The first kappa shape index (κ1) is 23.1. The van der Waals surface area contributed by atoms with Gasteiger partial charge in [0.25, 0.3) is 0 Å². The van der Waals surface area contributed by atoms with Crippen molar-refractivity contribution in [2.75, 3.05) is 0 Å². The van der Waals surface area contributed by atoms with E-state index in [1.807, 2.05) is 0 Å². The van der Waals surface area contributed by atoms with Gasteiger partial charge < -0.3 is 9.40 Å². The smallest absolute Gasteiger partial charge is 0.136 e. The second kappa shape index (κ2) is 8.95. The predicted octanol–water partition coefficient (Wildman–Crippen LogP) is 11.4. The Morgan fingerprint density at radius 1 is 0.405 bits per heavy atom. The fourth-order valence-corrected chi connectivity index (χ4v) is 6.76. The van der Waals surface area contributed by atoms with Crippen LogP contribution in [-0.2, 0) is 0 Å². The number of nitrogens with one attached hydrogen (secondary N) is 1. The molecule has 42 heavy (non-hydrogen) atoms. The van der Waals surface area contributed by atoms with Gasteiger partial charge in [0.05, 0.1) is 5.69 Å². The number of fused-ring (bicyclic) bond motifs is 6. The highest BCUT2D eigenvalue weighted by molar-refractivity contribution is 6.23. The molecule has 0 spiro atoms. The molecule has 2 aromatic heterocycles. The Morgan fingerprint density at radius 2 is 1.00 bits per heavy atom. The summed E-state index contributed by atoms with van der Waals surface area (Å²) in [6, 6.07) is 50.0. The lowest BCUT2D eigenvalue weighted by Gasteiger charge is -2.18. The van der Waals surface area contributed by atoms with E-state index >= 15 is 0 Å². The van der Waals surface area contributed by atoms with Crippen molar-refractivity contribution in [1.82, 2.24) is 4.98 Å². The molecule has 0 radical (unpaired) electrons. The first-order valence-electron chi connectivity index (χ1n) is 14.4. The number of H-pyrrole nitrogens is 1. The normalized spacial score (nSPS) is 11.8. The molecule has 0 fully saturated rings. The van der Waals surface area contributed by atoms with Crippen molar-refractivity contribution in [3.63, 3.8) is 0 Å². The average Bonchev–Trinajstić information content (AvgIpc) is 3.67. The van der Waals surface area contributed by atoms with Crippen molar-refractivity contribution in [3.8, 4) is 33.5 Å². The minimum Gasteiger partial charge on any atom is -0.456 e. The van der Waals surface area contributed by atoms with Gasteiger partial charge in [-0.2, -0.15) is 0 Å². The van der Waals surface area contributed by atoms with E-state index in [0.29, 0.717) is 0 Å². The zero-order valence-corrected chi connectivity index (χ0v) is 22.8. The van der Waals surface area contributed by atoms with Crippen LogP contribution >= 0.6 is 0 Å². The monoisotopic (exact) mass is 535 g/mol. The van der Waals surface area contributed by atoms with E-state index in [1.54, 1.807) is 0 Å². The fraction of sp³-hybridized carbons (Fsp3) is 0. The molecule has 0 bridgehead atoms. The molecule has 0 unspecified atom stereocenters. The Morgan fingerprint density at radius 3 is 1.71 bits per heavy atom. The van der Waals surface area contributed by atoms with E-state index < -0.39 is 0 Å². The third-order valence-corrected chi connectivity index (χ3v) is 8.64. The molecule has 0 amide bonds. The van der Waals surface area contributed by atoms with Gasteiger partial charge in [-0.1, -0.05) is 109 Å². The van der Waals surface area contributed by atoms with Crippen molar-refractivity contribution >= 4 is 54.3 Å². The molecule has 0 saturated carbocycles. The van der Waals surface area contributed by atoms with Gasteiger partial charge in [-0.05, 0) is 79.3 Å².